The number of hydrogen-bond donors (Lipinski definition) is 1. The molecule has 0 aromatic heterocycles. The topological polar surface area (TPSA) is 66.5 Å². The highest BCUT2D eigenvalue weighted by Gasteiger charge is 2.18. The minimum absolute atomic E-state index is 0.0163. The first-order valence-electron chi connectivity index (χ1n) is 5.02. The molecule has 1 amide bonds. The molecule has 0 bridgehead atoms. The Morgan fingerprint density at radius 2 is 1.94 bits per heavy atom. The van der Waals surface area contributed by atoms with Gasteiger partial charge in [0, 0.05) is 23.6 Å². The van der Waals surface area contributed by atoms with Gasteiger partial charge in [-0.05, 0) is 17.7 Å². The van der Waals surface area contributed by atoms with Crippen molar-refractivity contribution in [3.63, 3.8) is 0 Å². The molecule has 0 spiro atoms. The quantitative estimate of drug-likeness (QED) is 0.835. The van der Waals surface area contributed by atoms with E-state index in [1.807, 2.05) is 0 Å². The molecule has 92 valence electrons. The third kappa shape index (κ3) is 3.34. The molecule has 0 aliphatic carbocycles. The number of benzene rings is 1. The van der Waals surface area contributed by atoms with Crippen LogP contribution in [0.3, 0.4) is 0 Å². The first kappa shape index (κ1) is 12.2. The Morgan fingerprint density at radius 3 is 2.41 bits per heavy atom. The van der Waals surface area contributed by atoms with E-state index in [2.05, 4.69) is 5.43 Å². The summed E-state index contributed by atoms with van der Waals surface area (Å²) in [5.74, 6) is -0.210. The predicted octanol–water partition coefficient (Wildman–Crippen LogP) is 0.996. The van der Waals surface area contributed by atoms with Gasteiger partial charge >= 0.3 is 0 Å². The van der Waals surface area contributed by atoms with Crippen molar-refractivity contribution in [2.45, 2.75) is 12.2 Å². The number of halogens is 1. The highest BCUT2D eigenvalue weighted by Crippen LogP contribution is 2.18. The third-order valence-electron chi connectivity index (χ3n) is 2.41. The number of anilines is 1. The van der Waals surface area contributed by atoms with E-state index in [1.165, 1.54) is 0 Å². The summed E-state index contributed by atoms with van der Waals surface area (Å²) >= 11 is 0. The second-order valence-electron chi connectivity index (χ2n) is 3.79. The number of carbonyl (C=O) groups is 1. The maximum Gasteiger partial charge on any atom is 0.240 e. The highest BCUT2D eigenvalue weighted by molar-refractivity contribution is 8.13. The van der Waals surface area contributed by atoms with Gasteiger partial charge in [-0.15, -0.1) is 0 Å². The summed E-state index contributed by atoms with van der Waals surface area (Å²) in [7, 11) is 1.63. The van der Waals surface area contributed by atoms with Crippen molar-refractivity contribution in [1.82, 2.24) is 5.43 Å². The van der Waals surface area contributed by atoms with Crippen LogP contribution in [-0.2, 0) is 19.6 Å². The Kier molecular flexibility index (Phi) is 3.26. The highest BCUT2D eigenvalue weighted by atomic mass is 35.7. The zero-order valence-electron chi connectivity index (χ0n) is 8.89. The number of hydrazine groups is 1. The summed E-state index contributed by atoms with van der Waals surface area (Å²) in [5, 5.41) is 1.72. The van der Waals surface area contributed by atoms with Crippen molar-refractivity contribution in [1.29, 1.82) is 0 Å². The van der Waals surface area contributed by atoms with Gasteiger partial charge < -0.3 is 0 Å². The SMILES string of the molecule is O=C1CCN(c2ccc(CS(=O)(=O)Cl)cc2)N1. The van der Waals surface area contributed by atoms with E-state index in [0.29, 0.717) is 18.5 Å². The first-order chi connectivity index (χ1) is 7.94. The molecule has 17 heavy (non-hydrogen) atoms. The molecule has 5 nitrogen and oxygen atoms in total. The summed E-state index contributed by atoms with van der Waals surface area (Å²) in [5.41, 5.74) is 4.13. The lowest BCUT2D eigenvalue weighted by Crippen LogP contribution is -2.32. The second-order valence-corrected chi connectivity index (χ2v) is 6.56. The fraction of sp³-hybridized carbons (Fsp3) is 0.300. The molecule has 7 heteroatoms. The van der Waals surface area contributed by atoms with Crippen LogP contribution < -0.4 is 10.4 Å². The second kappa shape index (κ2) is 4.54. The van der Waals surface area contributed by atoms with Crippen LogP contribution in [0.4, 0.5) is 5.69 Å². The standard InChI is InChI=1S/C10H11ClN2O3S/c11-17(15,16)7-8-1-3-9(4-2-8)13-6-5-10(14)12-13/h1-4H,5-7H2,(H,12,14). The summed E-state index contributed by atoms with van der Waals surface area (Å²) in [6.07, 6.45) is 0.470. The van der Waals surface area contributed by atoms with Crippen molar-refractivity contribution in [3.05, 3.63) is 29.8 Å². The number of carbonyl (C=O) groups excluding carboxylic acids is 1. The predicted molar refractivity (Wildman–Crippen MR) is 65.0 cm³/mol. The summed E-state index contributed by atoms with van der Waals surface area (Å²) in [6.45, 7) is 0.617. The van der Waals surface area contributed by atoms with Crippen LogP contribution >= 0.6 is 10.7 Å². The molecule has 1 N–H and O–H groups in total. The molecule has 1 saturated heterocycles. The molecule has 0 unspecified atom stereocenters. The number of nitrogens with zero attached hydrogens (tertiary/aromatic N) is 1. The average molecular weight is 275 g/mol. The van der Waals surface area contributed by atoms with Gasteiger partial charge in [0.05, 0.1) is 11.4 Å². The van der Waals surface area contributed by atoms with Crippen LogP contribution in [0.1, 0.15) is 12.0 Å². The van der Waals surface area contributed by atoms with Gasteiger partial charge in [0.25, 0.3) is 0 Å². The Balaban J connectivity index is 2.10. The fourth-order valence-electron chi connectivity index (χ4n) is 1.64. The zero-order valence-corrected chi connectivity index (χ0v) is 10.5. The Labute approximate surface area is 104 Å². The molecular formula is C10H11ClN2O3S. The minimum atomic E-state index is -3.53. The van der Waals surface area contributed by atoms with E-state index in [4.69, 9.17) is 10.7 Å². The number of hydrogen-bond acceptors (Lipinski definition) is 4. The van der Waals surface area contributed by atoms with Crippen LogP contribution in [0.5, 0.6) is 0 Å². The Bertz CT molecular complexity index is 527. The fourth-order valence-corrected chi connectivity index (χ4v) is 2.61. The average Bonchev–Trinajstić information content (AvgIpc) is 2.63. The third-order valence-corrected chi connectivity index (χ3v) is 3.41. The molecule has 1 aromatic carbocycles. The lowest BCUT2D eigenvalue weighted by Gasteiger charge is -2.17. The largest absolute Gasteiger partial charge is 0.285 e. The molecule has 1 aliphatic rings. The van der Waals surface area contributed by atoms with Gasteiger partial charge in [0.1, 0.15) is 0 Å². The summed E-state index contributed by atoms with van der Waals surface area (Å²) in [6, 6.07) is 6.87. The van der Waals surface area contributed by atoms with Gasteiger partial charge in [-0.2, -0.15) is 0 Å². The molecule has 0 radical (unpaired) electrons. The van der Waals surface area contributed by atoms with E-state index in [9.17, 15) is 13.2 Å². The van der Waals surface area contributed by atoms with Crippen LogP contribution in [0.25, 0.3) is 0 Å². The van der Waals surface area contributed by atoms with Gasteiger partial charge in [-0.3, -0.25) is 15.2 Å². The first-order valence-corrected chi connectivity index (χ1v) is 7.50. The monoisotopic (exact) mass is 274 g/mol. The Hall–Kier alpha value is -1.27. The smallest absolute Gasteiger partial charge is 0.240 e. The summed E-state index contributed by atoms with van der Waals surface area (Å²) in [4.78, 5) is 11.0. The van der Waals surface area contributed by atoms with Crippen LogP contribution in [-0.4, -0.2) is 20.9 Å². The van der Waals surface area contributed by atoms with Crippen molar-refractivity contribution in [2.75, 3.05) is 11.6 Å². The molecular weight excluding hydrogens is 264 g/mol. The molecule has 1 heterocycles. The maximum atomic E-state index is 11.0. The molecule has 0 saturated carbocycles. The zero-order chi connectivity index (χ0) is 12.5. The van der Waals surface area contributed by atoms with E-state index >= 15 is 0 Å². The lowest BCUT2D eigenvalue weighted by atomic mass is 10.2. The van der Waals surface area contributed by atoms with E-state index < -0.39 is 9.05 Å². The van der Waals surface area contributed by atoms with Crippen LogP contribution in [0.15, 0.2) is 24.3 Å². The number of nitrogens with one attached hydrogen (secondary N) is 1. The number of rotatable bonds is 3. The molecule has 2 rings (SSSR count). The molecule has 1 fully saturated rings. The molecule has 1 aromatic rings. The molecule has 1 aliphatic heterocycles. The molecule has 0 atom stereocenters. The van der Waals surface area contributed by atoms with Crippen molar-refractivity contribution >= 4 is 31.3 Å². The van der Waals surface area contributed by atoms with Gasteiger partial charge in [0.2, 0.25) is 15.0 Å². The van der Waals surface area contributed by atoms with Gasteiger partial charge in [0.15, 0.2) is 0 Å². The minimum Gasteiger partial charge on any atom is -0.285 e. The number of amides is 1. The van der Waals surface area contributed by atoms with E-state index in [1.54, 1.807) is 29.3 Å². The Morgan fingerprint density at radius 1 is 1.29 bits per heavy atom. The van der Waals surface area contributed by atoms with Crippen molar-refractivity contribution < 1.29 is 13.2 Å². The normalized spacial score (nSPS) is 16.1. The van der Waals surface area contributed by atoms with Crippen LogP contribution in [0.2, 0.25) is 0 Å². The van der Waals surface area contributed by atoms with Crippen molar-refractivity contribution in [3.8, 4) is 0 Å². The van der Waals surface area contributed by atoms with Gasteiger partial charge in [-0.25, -0.2) is 8.42 Å². The van der Waals surface area contributed by atoms with Gasteiger partial charge in [-0.1, -0.05) is 12.1 Å². The van der Waals surface area contributed by atoms with E-state index in [0.717, 1.165) is 5.69 Å². The van der Waals surface area contributed by atoms with Crippen molar-refractivity contribution in [2.24, 2.45) is 0 Å². The summed E-state index contributed by atoms with van der Waals surface area (Å²) < 4.78 is 21.8. The maximum absolute atomic E-state index is 11.0. The van der Waals surface area contributed by atoms with E-state index in [-0.39, 0.29) is 11.7 Å². The lowest BCUT2D eigenvalue weighted by molar-refractivity contribution is -0.119. The van der Waals surface area contributed by atoms with Crippen LogP contribution in [0, 0.1) is 0 Å².